The van der Waals surface area contributed by atoms with E-state index < -0.39 is 0 Å². The summed E-state index contributed by atoms with van der Waals surface area (Å²) in [5.41, 5.74) is 0. The largest absolute Gasteiger partial charge is 0.339 e. The molecule has 1 saturated heterocycles. The molecule has 1 aliphatic rings. The molecule has 1 unspecified atom stereocenters. The standard InChI is InChI=1S/C13H25NO/c1-10(2)8-12-6-5-7-13(15)14(12)9-11(3)4/h10-12H,5-9H2,1-4H3. The van der Waals surface area contributed by atoms with Crippen molar-refractivity contribution in [2.45, 2.75) is 59.4 Å². The smallest absolute Gasteiger partial charge is 0.222 e. The van der Waals surface area contributed by atoms with Crippen LogP contribution in [0.4, 0.5) is 0 Å². The summed E-state index contributed by atoms with van der Waals surface area (Å²) in [5.74, 6) is 1.65. The monoisotopic (exact) mass is 211 g/mol. The van der Waals surface area contributed by atoms with E-state index in [4.69, 9.17) is 0 Å². The minimum Gasteiger partial charge on any atom is -0.339 e. The molecule has 2 heteroatoms. The third kappa shape index (κ3) is 3.84. The van der Waals surface area contributed by atoms with Crippen LogP contribution in [0.25, 0.3) is 0 Å². The van der Waals surface area contributed by atoms with E-state index in [1.807, 2.05) is 0 Å². The van der Waals surface area contributed by atoms with E-state index in [9.17, 15) is 4.79 Å². The van der Waals surface area contributed by atoms with E-state index in [1.54, 1.807) is 0 Å². The highest BCUT2D eigenvalue weighted by Crippen LogP contribution is 2.24. The van der Waals surface area contributed by atoms with Crippen LogP contribution in [0.15, 0.2) is 0 Å². The number of carbonyl (C=O) groups is 1. The molecule has 0 bridgehead atoms. The van der Waals surface area contributed by atoms with Crippen LogP contribution in [0.5, 0.6) is 0 Å². The zero-order valence-corrected chi connectivity index (χ0v) is 10.6. The van der Waals surface area contributed by atoms with E-state index in [2.05, 4.69) is 32.6 Å². The molecule has 0 N–H and O–H groups in total. The molecule has 1 rings (SSSR count). The predicted octanol–water partition coefficient (Wildman–Crippen LogP) is 3.07. The predicted molar refractivity (Wildman–Crippen MR) is 63.6 cm³/mol. The van der Waals surface area contributed by atoms with Gasteiger partial charge in [-0.25, -0.2) is 0 Å². The molecule has 0 aromatic heterocycles. The Morgan fingerprint density at radius 3 is 2.47 bits per heavy atom. The molecule has 0 aliphatic carbocycles. The minimum absolute atomic E-state index is 0.376. The summed E-state index contributed by atoms with van der Waals surface area (Å²) >= 11 is 0. The zero-order chi connectivity index (χ0) is 11.4. The van der Waals surface area contributed by atoms with Crippen molar-refractivity contribution in [3.8, 4) is 0 Å². The van der Waals surface area contributed by atoms with Gasteiger partial charge in [0, 0.05) is 19.0 Å². The molecule has 0 aromatic rings. The lowest BCUT2D eigenvalue weighted by Crippen LogP contribution is -2.45. The number of nitrogens with zero attached hydrogens (tertiary/aromatic N) is 1. The van der Waals surface area contributed by atoms with Gasteiger partial charge in [-0.3, -0.25) is 4.79 Å². The van der Waals surface area contributed by atoms with E-state index in [-0.39, 0.29) is 0 Å². The fraction of sp³-hybridized carbons (Fsp3) is 0.923. The maximum absolute atomic E-state index is 11.8. The molecule has 1 heterocycles. The summed E-state index contributed by atoms with van der Waals surface area (Å²) in [4.78, 5) is 14.0. The molecule has 1 aliphatic heterocycles. The van der Waals surface area contributed by atoms with Crippen molar-refractivity contribution in [3.63, 3.8) is 0 Å². The molecule has 0 spiro atoms. The highest BCUT2D eigenvalue weighted by Gasteiger charge is 2.28. The first kappa shape index (κ1) is 12.5. The Bertz CT molecular complexity index is 211. The Balaban J connectivity index is 2.60. The molecular weight excluding hydrogens is 186 g/mol. The Morgan fingerprint density at radius 1 is 1.27 bits per heavy atom. The molecule has 1 fully saturated rings. The van der Waals surface area contributed by atoms with Crippen LogP contribution < -0.4 is 0 Å². The minimum atomic E-state index is 0.376. The van der Waals surface area contributed by atoms with Crippen LogP contribution in [0.3, 0.4) is 0 Å². The van der Waals surface area contributed by atoms with Crippen molar-refractivity contribution < 1.29 is 4.79 Å². The van der Waals surface area contributed by atoms with Crippen molar-refractivity contribution in [2.24, 2.45) is 11.8 Å². The first-order chi connectivity index (χ1) is 7.00. The fourth-order valence-corrected chi connectivity index (χ4v) is 2.43. The van der Waals surface area contributed by atoms with E-state index in [0.717, 1.165) is 19.4 Å². The van der Waals surface area contributed by atoms with Gasteiger partial charge in [-0.1, -0.05) is 27.7 Å². The topological polar surface area (TPSA) is 20.3 Å². The van der Waals surface area contributed by atoms with E-state index in [1.165, 1.54) is 12.8 Å². The SMILES string of the molecule is CC(C)CC1CCCC(=O)N1CC(C)C. The van der Waals surface area contributed by atoms with Gasteiger partial charge in [-0.05, 0) is 31.1 Å². The fourth-order valence-electron chi connectivity index (χ4n) is 2.43. The van der Waals surface area contributed by atoms with E-state index in [0.29, 0.717) is 23.8 Å². The van der Waals surface area contributed by atoms with Gasteiger partial charge in [0.25, 0.3) is 0 Å². The van der Waals surface area contributed by atoms with Gasteiger partial charge in [0.1, 0.15) is 0 Å². The van der Waals surface area contributed by atoms with Crippen LogP contribution in [-0.2, 0) is 4.79 Å². The van der Waals surface area contributed by atoms with Crippen molar-refractivity contribution in [1.82, 2.24) is 4.90 Å². The maximum atomic E-state index is 11.8. The third-order valence-corrected chi connectivity index (χ3v) is 2.99. The third-order valence-electron chi connectivity index (χ3n) is 2.99. The molecule has 0 aromatic carbocycles. The van der Waals surface area contributed by atoms with Crippen LogP contribution in [0, 0.1) is 11.8 Å². The summed E-state index contributed by atoms with van der Waals surface area (Å²) in [7, 11) is 0. The molecule has 15 heavy (non-hydrogen) atoms. The van der Waals surface area contributed by atoms with Crippen molar-refractivity contribution in [1.29, 1.82) is 0 Å². The van der Waals surface area contributed by atoms with Gasteiger partial charge in [0.15, 0.2) is 0 Å². The molecule has 1 amide bonds. The van der Waals surface area contributed by atoms with E-state index >= 15 is 0 Å². The normalized spacial score (nSPS) is 22.9. The average molecular weight is 211 g/mol. The van der Waals surface area contributed by atoms with Crippen molar-refractivity contribution in [3.05, 3.63) is 0 Å². The number of hydrogen-bond donors (Lipinski definition) is 0. The zero-order valence-electron chi connectivity index (χ0n) is 10.6. The Morgan fingerprint density at radius 2 is 1.93 bits per heavy atom. The Hall–Kier alpha value is -0.530. The second kappa shape index (κ2) is 5.53. The van der Waals surface area contributed by atoms with Crippen molar-refractivity contribution >= 4 is 5.91 Å². The number of hydrogen-bond acceptors (Lipinski definition) is 1. The van der Waals surface area contributed by atoms with Gasteiger partial charge in [-0.2, -0.15) is 0 Å². The molecule has 0 saturated carbocycles. The van der Waals surface area contributed by atoms with Crippen molar-refractivity contribution in [2.75, 3.05) is 6.54 Å². The number of carbonyl (C=O) groups excluding carboxylic acids is 1. The molecule has 1 atom stereocenters. The Labute approximate surface area is 94.0 Å². The Kier molecular flexibility index (Phi) is 4.62. The summed E-state index contributed by atoms with van der Waals surface area (Å²) in [6, 6.07) is 0.508. The average Bonchev–Trinajstić information content (AvgIpc) is 2.09. The highest BCUT2D eigenvalue weighted by molar-refractivity contribution is 5.77. The van der Waals surface area contributed by atoms with Gasteiger partial charge < -0.3 is 4.90 Å². The summed E-state index contributed by atoms with van der Waals surface area (Å²) in [6.07, 6.45) is 4.22. The lowest BCUT2D eigenvalue weighted by molar-refractivity contribution is -0.137. The number of likely N-dealkylation sites (tertiary alicyclic amines) is 1. The second-order valence-corrected chi connectivity index (χ2v) is 5.62. The summed E-state index contributed by atoms with van der Waals surface area (Å²) in [6.45, 7) is 9.80. The summed E-state index contributed by atoms with van der Waals surface area (Å²) < 4.78 is 0. The van der Waals surface area contributed by atoms with Gasteiger partial charge >= 0.3 is 0 Å². The number of rotatable bonds is 4. The van der Waals surface area contributed by atoms with Crippen LogP contribution >= 0.6 is 0 Å². The summed E-state index contributed by atoms with van der Waals surface area (Å²) in [5, 5.41) is 0. The first-order valence-electron chi connectivity index (χ1n) is 6.30. The van der Waals surface area contributed by atoms with Gasteiger partial charge in [0.2, 0.25) is 5.91 Å². The van der Waals surface area contributed by atoms with Gasteiger partial charge in [-0.15, -0.1) is 0 Å². The molecule has 0 radical (unpaired) electrons. The van der Waals surface area contributed by atoms with Crippen LogP contribution in [0.1, 0.15) is 53.4 Å². The molecule has 88 valence electrons. The second-order valence-electron chi connectivity index (χ2n) is 5.62. The van der Waals surface area contributed by atoms with Crippen LogP contribution in [-0.4, -0.2) is 23.4 Å². The molecule has 2 nitrogen and oxygen atoms in total. The maximum Gasteiger partial charge on any atom is 0.222 e. The lowest BCUT2D eigenvalue weighted by Gasteiger charge is -2.37. The van der Waals surface area contributed by atoms with Gasteiger partial charge in [0.05, 0.1) is 0 Å². The number of piperidine rings is 1. The number of amides is 1. The molecular formula is C13H25NO. The lowest BCUT2D eigenvalue weighted by atomic mass is 9.93. The highest BCUT2D eigenvalue weighted by atomic mass is 16.2. The van der Waals surface area contributed by atoms with Crippen LogP contribution in [0.2, 0.25) is 0 Å². The first-order valence-corrected chi connectivity index (χ1v) is 6.30. The quantitative estimate of drug-likeness (QED) is 0.700.